The Morgan fingerprint density at radius 2 is 1.93 bits per heavy atom. The zero-order valence-corrected chi connectivity index (χ0v) is 17.0. The van der Waals surface area contributed by atoms with Crippen LogP contribution in [0.5, 0.6) is 5.75 Å². The number of carbonyl (C=O) groups excluding carboxylic acids is 1. The molecule has 0 saturated carbocycles. The van der Waals surface area contributed by atoms with E-state index in [2.05, 4.69) is 5.32 Å². The second kappa shape index (κ2) is 7.79. The number of aryl methyl sites for hydroxylation is 3. The van der Waals surface area contributed by atoms with Gasteiger partial charge in [-0.1, -0.05) is 6.07 Å². The standard InChI is InChI=1S/C22H22N2O5/c1-12-6-7-16(24(26)27)9-19(12)23-22(25)8-13(2)17-10-18-14(3)15(4)29-21(18)11-20(17)28-5/h6-11H,1-5H3,(H,23,25)/b13-8+. The number of allylic oxidation sites excluding steroid dienone is 1. The van der Waals surface area contributed by atoms with Crippen LogP contribution in [0, 0.1) is 30.9 Å². The van der Waals surface area contributed by atoms with Crippen molar-refractivity contribution in [3.05, 3.63) is 69.0 Å². The summed E-state index contributed by atoms with van der Waals surface area (Å²) in [5.41, 5.74) is 4.29. The predicted octanol–water partition coefficient (Wildman–Crippen LogP) is 5.32. The van der Waals surface area contributed by atoms with E-state index in [0.29, 0.717) is 17.0 Å². The van der Waals surface area contributed by atoms with E-state index < -0.39 is 4.92 Å². The number of amides is 1. The van der Waals surface area contributed by atoms with Crippen LogP contribution in [-0.4, -0.2) is 17.9 Å². The molecule has 150 valence electrons. The van der Waals surface area contributed by atoms with Crippen LogP contribution in [0.4, 0.5) is 11.4 Å². The average molecular weight is 394 g/mol. The van der Waals surface area contributed by atoms with Gasteiger partial charge in [0.05, 0.1) is 17.7 Å². The molecule has 1 N–H and O–H groups in total. The average Bonchev–Trinajstić information content (AvgIpc) is 2.95. The first-order valence-electron chi connectivity index (χ1n) is 9.03. The Morgan fingerprint density at radius 3 is 2.59 bits per heavy atom. The Labute approximate surface area is 168 Å². The lowest BCUT2D eigenvalue weighted by Gasteiger charge is -2.10. The highest BCUT2D eigenvalue weighted by atomic mass is 16.6. The van der Waals surface area contributed by atoms with Crippen molar-refractivity contribution in [2.45, 2.75) is 27.7 Å². The highest BCUT2D eigenvalue weighted by Gasteiger charge is 2.15. The maximum absolute atomic E-state index is 12.5. The maximum Gasteiger partial charge on any atom is 0.271 e. The zero-order valence-electron chi connectivity index (χ0n) is 17.0. The van der Waals surface area contributed by atoms with E-state index in [0.717, 1.165) is 33.4 Å². The van der Waals surface area contributed by atoms with Gasteiger partial charge in [0.1, 0.15) is 17.1 Å². The lowest BCUT2D eigenvalue weighted by molar-refractivity contribution is -0.384. The quantitative estimate of drug-likeness (QED) is 0.359. The molecule has 2 aromatic carbocycles. The molecule has 0 spiro atoms. The van der Waals surface area contributed by atoms with E-state index in [4.69, 9.17) is 9.15 Å². The molecule has 1 aromatic heterocycles. The number of methoxy groups -OCH3 is 1. The summed E-state index contributed by atoms with van der Waals surface area (Å²) in [5, 5.41) is 14.7. The van der Waals surface area contributed by atoms with Crippen molar-refractivity contribution in [2.75, 3.05) is 12.4 Å². The van der Waals surface area contributed by atoms with Crippen molar-refractivity contribution < 1.29 is 18.9 Å². The molecule has 1 heterocycles. The first-order chi connectivity index (χ1) is 13.7. The van der Waals surface area contributed by atoms with Crippen LogP contribution in [0.3, 0.4) is 0 Å². The Balaban J connectivity index is 1.95. The van der Waals surface area contributed by atoms with Crippen molar-refractivity contribution in [2.24, 2.45) is 0 Å². The first-order valence-corrected chi connectivity index (χ1v) is 9.03. The number of hydrogen-bond acceptors (Lipinski definition) is 5. The third-order valence-electron chi connectivity index (χ3n) is 4.96. The number of furan rings is 1. The predicted molar refractivity (Wildman–Crippen MR) is 112 cm³/mol. The number of nitro benzene ring substituents is 1. The van der Waals surface area contributed by atoms with Gasteiger partial charge in [0, 0.05) is 35.2 Å². The smallest absolute Gasteiger partial charge is 0.271 e. The molecule has 0 aliphatic heterocycles. The molecule has 0 aliphatic rings. The summed E-state index contributed by atoms with van der Waals surface area (Å²) >= 11 is 0. The van der Waals surface area contributed by atoms with E-state index >= 15 is 0 Å². The number of anilines is 1. The highest BCUT2D eigenvalue weighted by molar-refractivity contribution is 6.05. The Morgan fingerprint density at radius 1 is 1.21 bits per heavy atom. The number of hydrogen-bond donors (Lipinski definition) is 1. The summed E-state index contributed by atoms with van der Waals surface area (Å²) in [6.45, 7) is 7.47. The third-order valence-corrected chi connectivity index (χ3v) is 4.96. The Kier molecular flexibility index (Phi) is 5.41. The summed E-state index contributed by atoms with van der Waals surface area (Å²) in [6, 6.07) is 8.11. The van der Waals surface area contributed by atoms with E-state index in [1.165, 1.54) is 18.2 Å². The van der Waals surface area contributed by atoms with Gasteiger partial charge in [-0.15, -0.1) is 0 Å². The summed E-state index contributed by atoms with van der Waals surface area (Å²) in [5.74, 6) is 1.05. The molecule has 0 bridgehead atoms. The van der Waals surface area contributed by atoms with E-state index in [1.807, 2.05) is 32.9 Å². The van der Waals surface area contributed by atoms with Gasteiger partial charge in [0.2, 0.25) is 5.91 Å². The van der Waals surface area contributed by atoms with Gasteiger partial charge in [-0.2, -0.15) is 0 Å². The van der Waals surface area contributed by atoms with Crippen molar-refractivity contribution >= 4 is 33.8 Å². The number of nitro groups is 1. The van der Waals surface area contributed by atoms with Crippen molar-refractivity contribution in [1.82, 2.24) is 0 Å². The molecule has 3 aromatic rings. The molecule has 0 aliphatic carbocycles. The van der Waals surface area contributed by atoms with Gasteiger partial charge in [-0.05, 0) is 50.5 Å². The fraction of sp³-hybridized carbons (Fsp3) is 0.227. The molecule has 7 nitrogen and oxygen atoms in total. The number of nitrogens with zero attached hydrogens (tertiary/aromatic N) is 1. The summed E-state index contributed by atoms with van der Waals surface area (Å²) in [6.07, 6.45) is 1.45. The van der Waals surface area contributed by atoms with Gasteiger partial charge in [-0.3, -0.25) is 14.9 Å². The third kappa shape index (κ3) is 3.99. The van der Waals surface area contributed by atoms with Crippen LogP contribution in [0.15, 0.2) is 40.8 Å². The molecule has 0 saturated heterocycles. The van der Waals surface area contributed by atoms with Crippen LogP contribution < -0.4 is 10.1 Å². The number of fused-ring (bicyclic) bond motifs is 1. The first kappa shape index (κ1) is 20.1. The van der Waals surface area contributed by atoms with Gasteiger partial charge in [-0.25, -0.2) is 0 Å². The van der Waals surface area contributed by atoms with Gasteiger partial charge in [0.25, 0.3) is 5.69 Å². The lowest BCUT2D eigenvalue weighted by atomic mass is 10.0. The molecule has 3 rings (SSSR count). The SMILES string of the molecule is COc1cc2oc(C)c(C)c2cc1/C(C)=C/C(=O)Nc1cc([N+](=O)[O-])ccc1C. The molecule has 0 unspecified atom stereocenters. The fourth-order valence-electron chi connectivity index (χ4n) is 3.15. The van der Waals surface area contributed by atoms with Crippen molar-refractivity contribution in [3.8, 4) is 5.75 Å². The minimum atomic E-state index is -0.495. The molecular weight excluding hydrogens is 372 g/mol. The second-order valence-corrected chi connectivity index (χ2v) is 6.90. The molecule has 1 amide bonds. The number of benzene rings is 2. The van der Waals surface area contributed by atoms with Gasteiger partial charge >= 0.3 is 0 Å². The summed E-state index contributed by atoms with van der Waals surface area (Å²) in [7, 11) is 1.56. The number of ether oxygens (including phenoxy) is 1. The van der Waals surface area contributed by atoms with Crippen molar-refractivity contribution in [3.63, 3.8) is 0 Å². The normalized spacial score (nSPS) is 11.6. The van der Waals surface area contributed by atoms with E-state index in [9.17, 15) is 14.9 Å². The monoisotopic (exact) mass is 394 g/mol. The van der Waals surface area contributed by atoms with E-state index in [1.54, 1.807) is 20.1 Å². The number of non-ortho nitro benzene ring substituents is 1. The largest absolute Gasteiger partial charge is 0.496 e. The lowest BCUT2D eigenvalue weighted by Crippen LogP contribution is -2.10. The number of nitrogens with one attached hydrogen (secondary N) is 1. The van der Waals surface area contributed by atoms with Crippen LogP contribution >= 0.6 is 0 Å². The number of carbonyl (C=O) groups is 1. The second-order valence-electron chi connectivity index (χ2n) is 6.90. The minimum absolute atomic E-state index is 0.0791. The maximum atomic E-state index is 12.5. The van der Waals surface area contributed by atoms with E-state index in [-0.39, 0.29) is 11.6 Å². The molecule has 0 atom stereocenters. The molecule has 29 heavy (non-hydrogen) atoms. The van der Waals surface area contributed by atoms with Gasteiger partial charge in [0.15, 0.2) is 0 Å². The van der Waals surface area contributed by atoms with Gasteiger partial charge < -0.3 is 14.5 Å². The van der Waals surface area contributed by atoms with Crippen LogP contribution in [-0.2, 0) is 4.79 Å². The number of rotatable bonds is 5. The van der Waals surface area contributed by atoms with Crippen LogP contribution in [0.25, 0.3) is 16.5 Å². The molecule has 0 radical (unpaired) electrons. The molecular formula is C22H22N2O5. The highest BCUT2D eigenvalue weighted by Crippen LogP contribution is 2.34. The van der Waals surface area contributed by atoms with Crippen LogP contribution in [0.1, 0.15) is 29.4 Å². The Hall–Kier alpha value is -3.61. The molecule has 7 heteroatoms. The van der Waals surface area contributed by atoms with Crippen molar-refractivity contribution in [1.29, 1.82) is 0 Å². The fourth-order valence-corrected chi connectivity index (χ4v) is 3.15. The summed E-state index contributed by atoms with van der Waals surface area (Å²) in [4.78, 5) is 23.0. The zero-order chi connectivity index (χ0) is 21.3. The van der Waals surface area contributed by atoms with Crippen LogP contribution in [0.2, 0.25) is 0 Å². The topological polar surface area (TPSA) is 94.6 Å². The Bertz CT molecular complexity index is 1160. The minimum Gasteiger partial charge on any atom is -0.496 e. The summed E-state index contributed by atoms with van der Waals surface area (Å²) < 4.78 is 11.2. The molecule has 0 fully saturated rings.